The first-order valence-corrected chi connectivity index (χ1v) is 12.8. The van der Waals surface area contributed by atoms with Gasteiger partial charge in [-0.15, -0.1) is 0 Å². The molecule has 1 aliphatic rings. The van der Waals surface area contributed by atoms with Gasteiger partial charge < -0.3 is 20.5 Å². The van der Waals surface area contributed by atoms with E-state index in [0.717, 1.165) is 12.1 Å². The number of nitrogen functional groups attached to an aromatic ring is 1. The van der Waals surface area contributed by atoms with Gasteiger partial charge in [-0.25, -0.2) is 13.4 Å². The van der Waals surface area contributed by atoms with Gasteiger partial charge in [-0.1, -0.05) is 25.6 Å². The summed E-state index contributed by atoms with van der Waals surface area (Å²) in [7, 11) is -1.68. The lowest BCUT2D eigenvalue weighted by molar-refractivity contribution is 0.222. The number of hydrogen-bond donors (Lipinski definition) is 2. The minimum absolute atomic E-state index is 0.190. The van der Waals surface area contributed by atoms with E-state index in [2.05, 4.69) is 26.9 Å². The lowest BCUT2D eigenvalue weighted by Gasteiger charge is -2.31. The van der Waals surface area contributed by atoms with E-state index in [-0.39, 0.29) is 9.54 Å². The minimum atomic E-state index is -3.67. The fourth-order valence-corrected chi connectivity index (χ4v) is 5.71. The summed E-state index contributed by atoms with van der Waals surface area (Å²) in [6, 6.07) is 4.85. The van der Waals surface area contributed by atoms with Gasteiger partial charge in [0.2, 0.25) is 10.0 Å². The van der Waals surface area contributed by atoms with Crippen molar-refractivity contribution in [1.82, 2.24) is 29.1 Å². The number of aromatic amines is 1. The zero-order valence-corrected chi connectivity index (χ0v) is 20.7. The zero-order chi connectivity index (χ0) is 23.8. The fourth-order valence-electron chi connectivity index (χ4n) is 3.97. The highest BCUT2D eigenvalue weighted by Gasteiger charge is 2.28. The van der Waals surface area contributed by atoms with Crippen LogP contribution in [0, 0.1) is 4.64 Å². The molecule has 0 bridgehead atoms. The predicted octanol–water partition coefficient (Wildman–Crippen LogP) is 2.16. The molecule has 1 aromatic carbocycles. The zero-order valence-electron chi connectivity index (χ0n) is 19.0. The van der Waals surface area contributed by atoms with Crippen LogP contribution in [0.1, 0.15) is 26.0 Å². The third-order valence-electron chi connectivity index (χ3n) is 5.74. The number of nitrogens with one attached hydrogen (secondary N) is 1. The Bertz CT molecular complexity index is 1330. The van der Waals surface area contributed by atoms with Crippen LogP contribution in [-0.4, -0.2) is 77.3 Å². The van der Waals surface area contributed by atoms with Crippen LogP contribution in [0.2, 0.25) is 0 Å². The van der Waals surface area contributed by atoms with Gasteiger partial charge in [0.25, 0.3) is 0 Å². The molecule has 12 heteroatoms. The highest BCUT2D eigenvalue weighted by Crippen LogP contribution is 2.33. The van der Waals surface area contributed by atoms with Crippen LogP contribution in [0.5, 0.6) is 5.75 Å². The van der Waals surface area contributed by atoms with Crippen molar-refractivity contribution in [3.05, 3.63) is 28.5 Å². The summed E-state index contributed by atoms with van der Waals surface area (Å²) < 4.78 is 34.3. The molecule has 2 aromatic heterocycles. The molecule has 0 atom stereocenters. The maximum absolute atomic E-state index is 13.4. The molecular formula is C21H29N7O3S2. The Kier molecular flexibility index (Phi) is 6.71. The molecule has 0 amide bonds. The van der Waals surface area contributed by atoms with Crippen molar-refractivity contribution >= 4 is 33.3 Å². The Hall–Kier alpha value is -2.54. The molecule has 4 rings (SSSR count). The molecule has 0 radical (unpaired) electrons. The van der Waals surface area contributed by atoms with Crippen LogP contribution in [0.25, 0.3) is 22.4 Å². The lowest BCUT2D eigenvalue weighted by Crippen LogP contribution is -2.47. The Morgan fingerprint density at radius 2 is 1.94 bits per heavy atom. The van der Waals surface area contributed by atoms with Gasteiger partial charge in [-0.3, -0.25) is 0 Å². The number of nitrogens with zero attached hydrogens (tertiary/aromatic N) is 5. The molecule has 3 heterocycles. The van der Waals surface area contributed by atoms with E-state index in [9.17, 15) is 8.42 Å². The number of likely N-dealkylation sites (N-methyl/N-ethyl adjacent to an activating group) is 1. The van der Waals surface area contributed by atoms with Gasteiger partial charge in [0.05, 0.1) is 28.3 Å². The number of hydrogen-bond acceptors (Lipinski definition) is 8. The molecule has 0 aliphatic carbocycles. The van der Waals surface area contributed by atoms with Gasteiger partial charge in [-0.2, -0.15) is 14.2 Å². The summed E-state index contributed by atoms with van der Waals surface area (Å²) >= 11 is 5.51. The largest absolute Gasteiger partial charge is 0.493 e. The van der Waals surface area contributed by atoms with Gasteiger partial charge >= 0.3 is 0 Å². The molecule has 1 fully saturated rings. The van der Waals surface area contributed by atoms with Crippen LogP contribution in [0.4, 0.5) is 0 Å². The Morgan fingerprint density at radius 1 is 1.21 bits per heavy atom. The van der Waals surface area contributed by atoms with Crippen LogP contribution in [-0.2, 0) is 16.4 Å². The Morgan fingerprint density at radius 3 is 2.61 bits per heavy atom. The maximum atomic E-state index is 13.4. The fraction of sp³-hybridized carbons (Fsp3) is 0.476. The number of piperazine rings is 1. The molecule has 0 unspecified atom stereocenters. The average molecular weight is 492 g/mol. The van der Waals surface area contributed by atoms with Gasteiger partial charge in [-0.05, 0) is 38.6 Å². The van der Waals surface area contributed by atoms with Crippen molar-refractivity contribution < 1.29 is 13.2 Å². The first-order chi connectivity index (χ1) is 15.8. The smallest absolute Gasteiger partial charge is 0.243 e. The van der Waals surface area contributed by atoms with E-state index >= 15 is 0 Å². The van der Waals surface area contributed by atoms with E-state index in [1.807, 2.05) is 14.0 Å². The van der Waals surface area contributed by atoms with Crippen LogP contribution < -0.4 is 10.6 Å². The maximum Gasteiger partial charge on any atom is 0.243 e. The molecule has 33 heavy (non-hydrogen) atoms. The van der Waals surface area contributed by atoms with E-state index < -0.39 is 10.0 Å². The number of aromatic nitrogens is 4. The minimum Gasteiger partial charge on any atom is -0.493 e. The molecule has 0 spiro atoms. The number of aryl methyl sites for hydroxylation is 1. The molecule has 1 aliphatic heterocycles. The van der Waals surface area contributed by atoms with Crippen molar-refractivity contribution in [3.63, 3.8) is 0 Å². The predicted molar refractivity (Wildman–Crippen MR) is 130 cm³/mol. The highest BCUT2D eigenvalue weighted by atomic mass is 32.2. The quantitative estimate of drug-likeness (QED) is 0.381. The number of fused-ring (bicyclic) bond motifs is 1. The normalized spacial score (nSPS) is 15.8. The molecule has 0 saturated carbocycles. The second kappa shape index (κ2) is 9.37. The first-order valence-electron chi connectivity index (χ1n) is 11.0. The number of rotatable bonds is 7. The SMILES string of the molecule is CCCc1nn(N)c2c(=S)nc(-c3cc(S(=O)(=O)N4CCN(C)CC4)ccc3OCC)[nH]c12. The molecule has 1 saturated heterocycles. The van der Waals surface area contributed by atoms with E-state index in [1.54, 1.807) is 18.2 Å². The van der Waals surface area contributed by atoms with Crippen molar-refractivity contribution in [3.8, 4) is 17.1 Å². The summed E-state index contributed by atoms with van der Waals surface area (Å²) in [5.41, 5.74) is 2.54. The number of benzene rings is 1. The van der Waals surface area contributed by atoms with Crippen molar-refractivity contribution in [2.24, 2.45) is 0 Å². The van der Waals surface area contributed by atoms with E-state index in [1.165, 1.54) is 9.10 Å². The first kappa shape index (κ1) is 23.6. The lowest BCUT2D eigenvalue weighted by atomic mass is 10.1. The van der Waals surface area contributed by atoms with Crippen molar-refractivity contribution in [2.45, 2.75) is 31.6 Å². The summed E-state index contributed by atoms with van der Waals surface area (Å²) in [5.74, 6) is 6.95. The Balaban J connectivity index is 1.85. The van der Waals surface area contributed by atoms with Crippen molar-refractivity contribution in [2.75, 3.05) is 45.7 Å². The molecule has 3 N–H and O–H groups in total. The summed E-state index contributed by atoms with van der Waals surface area (Å²) in [5, 5.41) is 4.38. The summed E-state index contributed by atoms with van der Waals surface area (Å²) in [6.45, 7) is 6.62. The summed E-state index contributed by atoms with van der Waals surface area (Å²) in [4.78, 5) is 11.3. The monoisotopic (exact) mass is 491 g/mol. The van der Waals surface area contributed by atoms with Crippen LogP contribution >= 0.6 is 12.2 Å². The van der Waals surface area contributed by atoms with Crippen molar-refractivity contribution in [1.29, 1.82) is 0 Å². The van der Waals surface area contributed by atoms with Gasteiger partial charge in [0, 0.05) is 26.2 Å². The second-order valence-electron chi connectivity index (χ2n) is 8.05. The second-order valence-corrected chi connectivity index (χ2v) is 10.4. The Labute approximate surface area is 198 Å². The topological polar surface area (TPSA) is 122 Å². The van der Waals surface area contributed by atoms with Gasteiger partial charge in [0.1, 0.15) is 17.1 Å². The van der Waals surface area contributed by atoms with Crippen LogP contribution in [0.3, 0.4) is 0 Å². The molecule has 178 valence electrons. The number of H-pyrrole nitrogens is 1. The number of nitrogens with two attached hydrogens (primary N) is 1. The van der Waals surface area contributed by atoms with Crippen LogP contribution in [0.15, 0.2) is 23.1 Å². The van der Waals surface area contributed by atoms with E-state index in [4.69, 9.17) is 22.8 Å². The molecular weight excluding hydrogens is 462 g/mol. The standard InChI is InChI=1S/C21H29N7O3S2/c1-4-6-16-18-19(28(22)25-16)21(32)24-20(23-18)15-13-14(7-8-17(15)31-5-2)33(29,30)27-11-9-26(3)10-12-27/h7-8,13H,4-6,9-12,22H2,1-3H3,(H,23,24,32). The molecule has 10 nitrogen and oxygen atoms in total. The molecule has 3 aromatic rings. The van der Waals surface area contributed by atoms with Gasteiger partial charge in [0.15, 0.2) is 4.64 Å². The summed E-state index contributed by atoms with van der Waals surface area (Å²) in [6.07, 6.45) is 1.60. The highest BCUT2D eigenvalue weighted by molar-refractivity contribution is 7.89. The average Bonchev–Trinajstić information content (AvgIpc) is 3.10. The number of ether oxygens (including phenoxy) is 1. The third kappa shape index (κ3) is 4.47. The third-order valence-corrected chi connectivity index (χ3v) is 7.91. The van der Waals surface area contributed by atoms with E-state index in [0.29, 0.717) is 67.4 Å². The number of sulfonamides is 1.